The summed E-state index contributed by atoms with van der Waals surface area (Å²) in [6, 6.07) is 5.81. The molecule has 23 heavy (non-hydrogen) atoms. The molecule has 0 aliphatic heterocycles. The lowest BCUT2D eigenvalue weighted by Gasteiger charge is -2.28. The molecular weight excluding hydrogens is 317 g/mol. The van der Waals surface area contributed by atoms with Gasteiger partial charge in [0.15, 0.2) is 0 Å². The summed E-state index contributed by atoms with van der Waals surface area (Å²) < 4.78 is 31.3. The van der Waals surface area contributed by atoms with Crippen molar-refractivity contribution >= 4 is 16.7 Å². The first-order chi connectivity index (χ1) is 11.1. The summed E-state index contributed by atoms with van der Waals surface area (Å²) in [6.45, 7) is 3.03. The Morgan fingerprint density at radius 3 is 2.83 bits per heavy atom. The van der Waals surface area contributed by atoms with Crippen molar-refractivity contribution in [2.75, 3.05) is 18.9 Å². The maximum atomic E-state index is 13.5. The Bertz CT molecular complexity index is 552. The summed E-state index contributed by atoms with van der Waals surface area (Å²) in [4.78, 5) is 11.8. The van der Waals surface area contributed by atoms with Gasteiger partial charge in [0.1, 0.15) is 11.6 Å². The topological polar surface area (TPSA) is 55.4 Å². The van der Waals surface area contributed by atoms with Crippen molar-refractivity contribution in [3.63, 3.8) is 0 Å². The van der Waals surface area contributed by atoms with Crippen LogP contribution in [0, 0.1) is 11.7 Å². The van der Waals surface area contributed by atoms with Crippen molar-refractivity contribution in [1.29, 1.82) is 0 Å². The molecule has 0 spiro atoms. The fraction of sp³-hybridized carbons (Fsp3) is 0.588. The normalized spacial score (nSPS) is 22.5. The van der Waals surface area contributed by atoms with Crippen LogP contribution in [-0.4, -0.2) is 35.1 Å². The van der Waals surface area contributed by atoms with E-state index in [9.17, 15) is 13.4 Å². The molecule has 0 radical (unpaired) electrons. The van der Waals surface area contributed by atoms with Gasteiger partial charge >= 0.3 is 0 Å². The summed E-state index contributed by atoms with van der Waals surface area (Å²) in [5, 5.41) is 2.68. The average Bonchev–Trinajstić information content (AvgIpc) is 2.53. The maximum absolute atomic E-state index is 13.5. The highest BCUT2D eigenvalue weighted by Crippen LogP contribution is 2.25. The molecule has 4 nitrogen and oxygen atoms in total. The standard InChI is InChI=1S/C17H24FNO3S/c1-13-6-2-4-8-15(13)22-11-10-19-17(20)12-23(21)16-9-5-3-7-14(16)18/h3,5,7,9,13,15H,2,4,6,8,10-12H2,1H3,(H,19,20). The number of carbonyl (C=O) groups excluding carboxylic acids is 1. The average molecular weight is 341 g/mol. The Morgan fingerprint density at radius 2 is 2.09 bits per heavy atom. The largest absolute Gasteiger partial charge is 0.376 e. The monoisotopic (exact) mass is 341 g/mol. The fourth-order valence-electron chi connectivity index (χ4n) is 2.81. The SMILES string of the molecule is CC1CCCCC1OCCNC(=O)CS(=O)c1ccccc1F. The molecule has 0 saturated heterocycles. The van der Waals surface area contributed by atoms with Crippen LogP contribution in [0.3, 0.4) is 0 Å². The first-order valence-electron chi connectivity index (χ1n) is 8.09. The lowest BCUT2D eigenvalue weighted by Crippen LogP contribution is -2.34. The molecular formula is C17H24FNO3S. The number of halogens is 1. The van der Waals surface area contributed by atoms with Gasteiger partial charge in [0, 0.05) is 6.54 Å². The highest BCUT2D eigenvalue weighted by molar-refractivity contribution is 7.85. The number of carbonyl (C=O) groups is 1. The van der Waals surface area contributed by atoms with E-state index in [2.05, 4.69) is 12.2 Å². The van der Waals surface area contributed by atoms with Gasteiger partial charge in [-0.1, -0.05) is 31.9 Å². The highest BCUT2D eigenvalue weighted by Gasteiger charge is 2.21. The molecule has 3 unspecified atom stereocenters. The number of nitrogens with one attached hydrogen (secondary N) is 1. The van der Waals surface area contributed by atoms with Crippen LogP contribution in [0.15, 0.2) is 29.2 Å². The summed E-state index contributed by atoms with van der Waals surface area (Å²) in [7, 11) is -1.67. The van der Waals surface area contributed by atoms with E-state index >= 15 is 0 Å². The van der Waals surface area contributed by atoms with Crippen LogP contribution in [0.25, 0.3) is 0 Å². The molecule has 128 valence electrons. The minimum absolute atomic E-state index is 0.0648. The van der Waals surface area contributed by atoms with Crippen molar-refractivity contribution in [2.45, 2.75) is 43.6 Å². The zero-order valence-electron chi connectivity index (χ0n) is 13.4. The molecule has 0 aromatic heterocycles. The molecule has 1 fully saturated rings. The molecule has 6 heteroatoms. The Morgan fingerprint density at radius 1 is 1.35 bits per heavy atom. The van der Waals surface area contributed by atoms with Gasteiger partial charge in [0.25, 0.3) is 0 Å². The van der Waals surface area contributed by atoms with Gasteiger partial charge in [-0.15, -0.1) is 0 Å². The molecule has 1 N–H and O–H groups in total. The number of hydrogen-bond acceptors (Lipinski definition) is 3. The third kappa shape index (κ3) is 5.70. The predicted molar refractivity (Wildman–Crippen MR) is 88.1 cm³/mol. The molecule has 3 atom stereocenters. The summed E-state index contributed by atoms with van der Waals surface area (Å²) in [5.41, 5.74) is 0. The van der Waals surface area contributed by atoms with Gasteiger partial charge in [-0.3, -0.25) is 9.00 Å². The summed E-state index contributed by atoms with van der Waals surface area (Å²) in [5.74, 6) is -0.575. The van der Waals surface area contributed by atoms with Crippen molar-refractivity contribution in [3.05, 3.63) is 30.1 Å². The van der Waals surface area contributed by atoms with E-state index in [1.807, 2.05) is 0 Å². The Kier molecular flexibility index (Phi) is 7.17. The number of rotatable bonds is 7. The summed E-state index contributed by atoms with van der Waals surface area (Å²) in [6.07, 6.45) is 5.00. The van der Waals surface area contributed by atoms with Gasteiger partial charge in [0.05, 0.1) is 28.4 Å². The van der Waals surface area contributed by atoms with E-state index in [0.29, 0.717) is 19.1 Å². The van der Waals surface area contributed by atoms with Gasteiger partial charge in [-0.25, -0.2) is 4.39 Å². The highest BCUT2D eigenvalue weighted by atomic mass is 32.2. The lowest BCUT2D eigenvalue weighted by molar-refractivity contribution is -0.119. The van der Waals surface area contributed by atoms with Gasteiger partial charge < -0.3 is 10.1 Å². The second-order valence-corrected chi connectivity index (χ2v) is 7.36. The minimum atomic E-state index is -1.67. The quantitative estimate of drug-likeness (QED) is 0.776. The van der Waals surface area contributed by atoms with E-state index in [-0.39, 0.29) is 22.7 Å². The zero-order valence-corrected chi connectivity index (χ0v) is 14.2. The molecule has 1 amide bonds. The van der Waals surface area contributed by atoms with Gasteiger partial charge in [-0.05, 0) is 30.9 Å². The molecule has 0 heterocycles. The van der Waals surface area contributed by atoms with Gasteiger partial charge in [-0.2, -0.15) is 0 Å². The minimum Gasteiger partial charge on any atom is -0.376 e. The van der Waals surface area contributed by atoms with E-state index in [1.165, 1.54) is 37.5 Å². The maximum Gasteiger partial charge on any atom is 0.233 e. The third-order valence-electron chi connectivity index (χ3n) is 4.13. The van der Waals surface area contributed by atoms with Crippen LogP contribution >= 0.6 is 0 Å². The van der Waals surface area contributed by atoms with Gasteiger partial charge in [0.2, 0.25) is 5.91 Å². The first kappa shape index (κ1) is 18.1. The molecule has 1 saturated carbocycles. The number of amides is 1. The number of hydrogen-bond donors (Lipinski definition) is 1. The third-order valence-corrected chi connectivity index (χ3v) is 5.48. The zero-order chi connectivity index (χ0) is 16.7. The number of benzene rings is 1. The predicted octanol–water partition coefficient (Wildman–Crippen LogP) is 2.64. The number of ether oxygens (including phenoxy) is 1. The summed E-state index contributed by atoms with van der Waals surface area (Å²) >= 11 is 0. The van der Waals surface area contributed by atoms with E-state index in [4.69, 9.17) is 4.74 Å². The second-order valence-electron chi connectivity index (χ2n) is 5.94. The Labute approximate surface area is 139 Å². The van der Waals surface area contributed by atoms with Crippen LogP contribution in [-0.2, 0) is 20.3 Å². The van der Waals surface area contributed by atoms with Crippen LogP contribution in [0.5, 0.6) is 0 Å². The van der Waals surface area contributed by atoms with Crippen molar-refractivity contribution in [3.8, 4) is 0 Å². The smallest absolute Gasteiger partial charge is 0.233 e. The molecule has 0 bridgehead atoms. The van der Waals surface area contributed by atoms with E-state index in [0.717, 1.165) is 6.42 Å². The van der Waals surface area contributed by atoms with E-state index in [1.54, 1.807) is 6.07 Å². The van der Waals surface area contributed by atoms with Crippen LogP contribution < -0.4 is 5.32 Å². The van der Waals surface area contributed by atoms with Crippen LogP contribution in [0.4, 0.5) is 4.39 Å². The Balaban J connectivity index is 1.67. The first-order valence-corrected chi connectivity index (χ1v) is 9.41. The second kappa shape index (κ2) is 9.13. The fourth-order valence-corrected chi connectivity index (χ4v) is 3.82. The molecule has 1 aliphatic carbocycles. The molecule has 2 rings (SSSR count). The van der Waals surface area contributed by atoms with Crippen LogP contribution in [0.1, 0.15) is 32.6 Å². The van der Waals surface area contributed by atoms with Crippen molar-refractivity contribution in [1.82, 2.24) is 5.32 Å². The molecule has 1 aromatic rings. The van der Waals surface area contributed by atoms with Crippen molar-refractivity contribution in [2.24, 2.45) is 5.92 Å². The van der Waals surface area contributed by atoms with E-state index < -0.39 is 16.6 Å². The Hall–Kier alpha value is -1.27. The molecule has 1 aromatic carbocycles. The molecule has 1 aliphatic rings. The lowest BCUT2D eigenvalue weighted by atomic mass is 9.88. The van der Waals surface area contributed by atoms with Crippen LogP contribution in [0.2, 0.25) is 0 Å². The van der Waals surface area contributed by atoms with Crippen molar-refractivity contribution < 1.29 is 18.1 Å².